The summed E-state index contributed by atoms with van der Waals surface area (Å²) in [6.07, 6.45) is 4.54. The third kappa shape index (κ3) is 2.63. The second-order valence-corrected chi connectivity index (χ2v) is 4.99. The summed E-state index contributed by atoms with van der Waals surface area (Å²) in [5, 5.41) is 0. The number of alkyl halides is 1. The molecule has 0 heterocycles. The van der Waals surface area contributed by atoms with Crippen LogP contribution >= 0.6 is 0 Å². The maximum absolute atomic E-state index is 14.0. The highest BCUT2D eigenvalue weighted by molar-refractivity contribution is 5.20. The molecule has 2 rings (SSSR count). The number of rotatable bonds is 3. The highest BCUT2D eigenvalue weighted by Gasteiger charge is 2.30. The predicted molar refractivity (Wildman–Crippen MR) is 66.3 cm³/mol. The molecule has 1 aromatic rings. The Morgan fingerprint density at radius 2 is 1.94 bits per heavy atom. The molecule has 0 spiro atoms. The first-order chi connectivity index (χ1) is 7.81. The van der Waals surface area contributed by atoms with Crippen LogP contribution in [0, 0.1) is 5.92 Å². The van der Waals surface area contributed by atoms with Gasteiger partial charge < -0.3 is 0 Å². The Labute approximate surface area is 97.9 Å². The largest absolute Gasteiger partial charge is 0.247 e. The van der Waals surface area contributed by atoms with Gasteiger partial charge in [0.05, 0.1) is 0 Å². The molecule has 0 aromatic heterocycles. The zero-order chi connectivity index (χ0) is 11.4. The number of hydrogen-bond donors (Lipinski definition) is 0. The van der Waals surface area contributed by atoms with E-state index >= 15 is 0 Å². The standard InChI is InChI=1S/C15H21F/c1-2-6-13-9-10-14(11-15(13)16)12-7-4-3-5-8-12/h3-5,7-8,13-15H,2,6,9-11H2,1H3. The molecular weight excluding hydrogens is 199 g/mol. The summed E-state index contributed by atoms with van der Waals surface area (Å²) in [4.78, 5) is 0. The second-order valence-electron chi connectivity index (χ2n) is 4.99. The molecule has 0 amide bonds. The van der Waals surface area contributed by atoms with E-state index in [1.807, 2.05) is 6.07 Å². The van der Waals surface area contributed by atoms with E-state index in [2.05, 4.69) is 31.2 Å². The lowest BCUT2D eigenvalue weighted by molar-refractivity contribution is 0.142. The molecule has 88 valence electrons. The molecule has 1 saturated carbocycles. The molecule has 1 aromatic carbocycles. The van der Waals surface area contributed by atoms with Gasteiger partial charge in [0.15, 0.2) is 0 Å². The molecule has 1 aliphatic carbocycles. The van der Waals surface area contributed by atoms with Crippen molar-refractivity contribution < 1.29 is 4.39 Å². The van der Waals surface area contributed by atoms with E-state index < -0.39 is 6.17 Å². The van der Waals surface area contributed by atoms with Crippen LogP contribution in [0.5, 0.6) is 0 Å². The van der Waals surface area contributed by atoms with Crippen LogP contribution < -0.4 is 0 Å². The lowest BCUT2D eigenvalue weighted by Gasteiger charge is -2.31. The van der Waals surface area contributed by atoms with Crippen molar-refractivity contribution in [2.75, 3.05) is 0 Å². The average Bonchev–Trinajstić information content (AvgIpc) is 2.33. The quantitative estimate of drug-likeness (QED) is 0.692. The van der Waals surface area contributed by atoms with Gasteiger partial charge in [0.25, 0.3) is 0 Å². The smallest absolute Gasteiger partial charge is 0.103 e. The van der Waals surface area contributed by atoms with Crippen molar-refractivity contribution in [3.63, 3.8) is 0 Å². The second kappa shape index (κ2) is 5.47. The van der Waals surface area contributed by atoms with E-state index in [9.17, 15) is 4.39 Å². The molecule has 0 radical (unpaired) electrons. The van der Waals surface area contributed by atoms with Gasteiger partial charge in [-0.25, -0.2) is 4.39 Å². The van der Waals surface area contributed by atoms with Crippen LogP contribution in [0.2, 0.25) is 0 Å². The fourth-order valence-electron chi connectivity index (χ4n) is 2.90. The molecule has 0 nitrogen and oxygen atoms in total. The molecule has 0 bridgehead atoms. The van der Waals surface area contributed by atoms with Crippen molar-refractivity contribution in [3.05, 3.63) is 35.9 Å². The van der Waals surface area contributed by atoms with E-state index in [4.69, 9.17) is 0 Å². The van der Waals surface area contributed by atoms with Crippen molar-refractivity contribution in [1.29, 1.82) is 0 Å². The van der Waals surface area contributed by atoms with Gasteiger partial charge >= 0.3 is 0 Å². The minimum Gasteiger partial charge on any atom is -0.247 e. The van der Waals surface area contributed by atoms with Crippen molar-refractivity contribution in [1.82, 2.24) is 0 Å². The number of benzene rings is 1. The first-order valence-electron chi connectivity index (χ1n) is 6.50. The minimum absolute atomic E-state index is 0.324. The molecule has 16 heavy (non-hydrogen) atoms. The molecular formula is C15H21F. The van der Waals surface area contributed by atoms with E-state index in [0.717, 1.165) is 32.1 Å². The summed E-state index contributed by atoms with van der Waals surface area (Å²) >= 11 is 0. The summed E-state index contributed by atoms with van der Waals surface area (Å²) in [6, 6.07) is 10.4. The van der Waals surface area contributed by atoms with Gasteiger partial charge in [-0.2, -0.15) is 0 Å². The third-order valence-electron chi connectivity index (χ3n) is 3.84. The zero-order valence-electron chi connectivity index (χ0n) is 10.0. The third-order valence-corrected chi connectivity index (χ3v) is 3.84. The van der Waals surface area contributed by atoms with Gasteiger partial charge in [0, 0.05) is 0 Å². The molecule has 0 aliphatic heterocycles. The lowest BCUT2D eigenvalue weighted by atomic mass is 9.76. The minimum atomic E-state index is -0.584. The van der Waals surface area contributed by atoms with Gasteiger partial charge in [-0.15, -0.1) is 0 Å². The molecule has 0 N–H and O–H groups in total. The molecule has 1 fully saturated rings. The van der Waals surface area contributed by atoms with Crippen LogP contribution in [-0.4, -0.2) is 6.17 Å². The van der Waals surface area contributed by atoms with Gasteiger partial charge in [-0.05, 0) is 43.1 Å². The monoisotopic (exact) mass is 220 g/mol. The van der Waals surface area contributed by atoms with E-state index in [-0.39, 0.29) is 0 Å². The summed E-state index contributed by atoms with van der Waals surface area (Å²) in [6.45, 7) is 2.15. The molecule has 1 heteroatoms. The fraction of sp³-hybridized carbons (Fsp3) is 0.600. The van der Waals surface area contributed by atoms with Crippen molar-refractivity contribution in [3.8, 4) is 0 Å². The zero-order valence-corrected chi connectivity index (χ0v) is 10.0. The van der Waals surface area contributed by atoms with Crippen molar-refractivity contribution in [2.24, 2.45) is 5.92 Å². The van der Waals surface area contributed by atoms with Gasteiger partial charge in [0.1, 0.15) is 6.17 Å². The van der Waals surface area contributed by atoms with E-state index in [1.165, 1.54) is 5.56 Å². The number of halogens is 1. The summed E-state index contributed by atoms with van der Waals surface area (Å²) < 4.78 is 14.0. The Bertz CT molecular complexity index is 306. The summed E-state index contributed by atoms with van der Waals surface area (Å²) in [7, 11) is 0. The van der Waals surface area contributed by atoms with Gasteiger partial charge in [-0.3, -0.25) is 0 Å². The lowest BCUT2D eigenvalue weighted by Crippen LogP contribution is -2.25. The van der Waals surface area contributed by atoms with Crippen LogP contribution in [0.15, 0.2) is 30.3 Å². The summed E-state index contributed by atoms with van der Waals surface area (Å²) in [5.41, 5.74) is 1.32. The first-order valence-corrected chi connectivity index (χ1v) is 6.50. The van der Waals surface area contributed by atoms with Crippen LogP contribution in [0.1, 0.15) is 50.5 Å². The predicted octanol–water partition coefficient (Wildman–Crippen LogP) is 4.71. The van der Waals surface area contributed by atoms with E-state index in [0.29, 0.717) is 11.8 Å². The van der Waals surface area contributed by atoms with Gasteiger partial charge in [-0.1, -0.05) is 43.7 Å². The molecule has 0 saturated heterocycles. The highest BCUT2D eigenvalue weighted by Crippen LogP contribution is 2.39. The Kier molecular flexibility index (Phi) is 3.98. The summed E-state index contributed by atoms with van der Waals surface area (Å²) in [5.74, 6) is 0.772. The highest BCUT2D eigenvalue weighted by atomic mass is 19.1. The Hall–Kier alpha value is -0.850. The fourth-order valence-corrected chi connectivity index (χ4v) is 2.90. The Morgan fingerprint density at radius 3 is 2.56 bits per heavy atom. The van der Waals surface area contributed by atoms with Crippen LogP contribution in [0.25, 0.3) is 0 Å². The Morgan fingerprint density at radius 1 is 1.19 bits per heavy atom. The number of hydrogen-bond acceptors (Lipinski definition) is 0. The van der Waals surface area contributed by atoms with Crippen LogP contribution in [-0.2, 0) is 0 Å². The van der Waals surface area contributed by atoms with Crippen molar-refractivity contribution >= 4 is 0 Å². The van der Waals surface area contributed by atoms with E-state index in [1.54, 1.807) is 0 Å². The average molecular weight is 220 g/mol. The maximum Gasteiger partial charge on any atom is 0.103 e. The molecule has 3 atom stereocenters. The topological polar surface area (TPSA) is 0 Å². The van der Waals surface area contributed by atoms with Crippen LogP contribution in [0.4, 0.5) is 4.39 Å². The van der Waals surface area contributed by atoms with Crippen molar-refractivity contribution in [2.45, 2.75) is 51.1 Å². The molecule has 3 unspecified atom stereocenters. The Balaban J connectivity index is 1.97. The van der Waals surface area contributed by atoms with Gasteiger partial charge in [0.2, 0.25) is 0 Å². The van der Waals surface area contributed by atoms with Crippen LogP contribution in [0.3, 0.4) is 0 Å². The SMILES string of the molecule is CCCC1CCC(c2ccccc2)CC1F. The first kappa shape index (κ1) is 11.6. The normalized spacial score (nSPS) is 30.2. The maximum atomic E-state index is 14.0. The molecule has 1 aliphatic rings.